The lowest BCUT2D eigenvalue weighted by Gasteiger charge is -2.28. The maximum Gasteiger partial charge on any atom is 0.417 e. The van der Waals surface area contributed by atoms with Crippen LogP contribution in [0.4, 0.5) is 24.5 Å². The van der Waals surface area contributed by atoms with Crippen LogP contribution < -0.4 is 10.2 Å². The first kappa shape index (κ1) is 19.3. The highest BCUT2D eigenvalue weighted by molar-refractivity contribution is 5.91. The first-order valence-corrected chi connectivity index (χ1v) is 7.43. The van der Waals surface area contributed by atoms with Gasteiger partial charge >= 0.3 is 6.18 Å². The number of hydrogen-bond donors (Lipinski definition) is 2. The molecule has 0 aromatic heterocycles. The minimum atomic E-state index is -4.85. The fourth-order valence-electron chi connectivity index (χ4n) is 2.20. The van der Waals surface area contributed by atoms with Crippen molar-refractivity contribution in [3.8, 4) is 0 Å². The highest BCUT2D eigenvalue weighted by Gasteiger charge is 2.50. The minimum absolute atomic E-state index is 0.308. The van der Waals surface area contributed by atoms with Crippen molar-refractivity contribution in [1.82, 2.24) is 0 Å². The average Bonchev–Trinajstić information content (AvgIpc) is 2.39. The van der Waals surface area contributed by atoms with Gasteiger partial charge in [-0.15, -0.1) is 0 Å². The molecule has 1 unspecified atom stereocenters. The summed E-state index contributed by atoms with van der Waals surface area (Å²) in [4.78, 5) is 13.8. The van der Waals surface area contributed by atoms with Crippen LogP contribution >= 0.6 is 0 Å². The van der Waals surface area contributed by atoms with Crippen LogP contribution in [0.25, 0.3) is 0 Å². The number of benzene rings is 1. The summed E-state index contributed by atoms with van der Waals surface area (Å²) in [5, 5.41) is 11.7. The van der Waals surface area contributed by atoms with Gasteiger partial charge in [-0.2, -0.15) is 13.2 Å². The van der Waals surface area contributed by atoms with Crippen molar-refractivity contribution in [2.45, 2.75) is 51.9 Å². The van der Waals surface area contributed by atoms with Crippen molar-refractivity contribution in [3.63, 3.8) is 0 Å². The van der Waals surface area contributed by atoms with Crippen molar-refractivity contribution >= 4 is 17.3 Å². The molecule has 0 aliphatic carbocycles. The van der Waals surface area contributed by atoms with Crippen LogP contribution in [0, 0.1) is 0 Å². The number of anilines is 2. The van der Waals surface area contributed by atoms with Gasteiger partial charge in [0.15, 0.2) is 5.60 Å². The summed E-state index contributed by atoms with van der Waals surface area (Å²) >= 11 is 0. The van der Waals surface area contributed by atoms with E-state index in [1.807, 2.05) is 6.92 Å². The molecule has 0 heterocycles. The van der Waals surface area contributed by atoms with E-state index < -0.39 is 24.1 Å². The molecular weight excluding hydrogens is 309 g/mol. The third kappa shape index (κ3) is 5.13. The summed E-state index contributed by atoms with van der Waals surface area (Å²) in [5.41, 5.74) is -1.70. The van der Waals surface area contributed by atoms with Gasteiger partial charge in [0.25, 0.3) is 0 Å². The molecule has 0 spiro atoms. The summed E-state index contributed by atoms with van der Waals surface area (Å²) in [7, 11) is 0. The molecule has 0 aliphatic rings. The van der Waals surface area contributed by atoms with E-state index in [1.165, 1.54) is 0 Å². The van der Waals surface area contributed by atoms with E-state index in [2.05, 4.69) is 24.1 Å². The SMILES string of the molecule is CCN(c1ccc(NC(=O)CC(C)(O)C(F)(F)F)cc1)C(C)C. The fourth-order valence-corrected chi connectivity index (χ4v) is 2.20. The average molecular weight is 332 g/mol. The quantitative estimate of drug-likeness (QED) is 0.837. The zero-order valence-electron chi connectivity index (χ0n) is 13.7. The van der Waals surface area contributed by atoms with Gasteiger partial charge in [-0.05, 0) is 52.0 Å². The van der Waals surface area contributed by atoms with Crippen LogP contribution in [-0.4, -0.2) is 35.4 Å². The lowest BCUT2D eigenvalue weighted by atomic mass is 10.0. The molecule has 0 radical (unpaired) electrons. The summed E-state index contributed by atoms with van der Waals surface area (Å²) < 4.78 is 37.7. The summed E-state index contributed by atoms with van der Waals surface area (Å²) in [6.45, 7) is 7.53. The fraction of sp³-hybridized carbons (Fsp3) is 0.562. The van der Waals surface area contributed by atoms with E-state index in [0.29, 0.717) is 18.7 Å². The second kappa shape index (κ2) is 7.21. The first-order chi connectivity index (χ1) is 10.5. The van der Waals surface area contributed by atoms with Gasteiger partial charge in [0.05, 0.1) is 6.42 Å². The summed E-state index contributed by atoms with van der Waals surface area (Å²) in [5.74, 6) is -0.892. The van der Waals surface area contributed by atoms with E-state index >= 15 is 0 Å². The Morgan fingerprint density at radius 3 is 2.17 bits per heavy atom. The van der Waals surface area contributed by atoms with Gasteiger partial charge in [-0.1, -0.05) is 0 Å². The molecule has 1 rings (SSSR count). The Bertz CT molecular complexity index is 525. The van der Waals surface area contributed by atoms with Crippen molar-refractivity contribution in [1.29, 1.82) is 0 Å². The van der Waals surface area contributed by atoms with E-state index in [-0.39, 0.29) is 0 Å². The Balaban J connectivity index is 2.74. The zero-order chi connectivity index (χ0) is 17.8. The molecule has 7 heteroatoms. The highest BCUT2D eigenvalue weighted by atomic mass is 19.4. The maximum absolute atomic E-state index is 12.6. The van der Waals surface area contributed by atoms with Crippen LogP contribution in [0.3, 0.4) is 0 Å². The van der Waals surface area contributed by atoms with Crippen LogP contribution in [0.1, 0.15) is 34.1 Å². The summed E-state index contributed by atoms with van der Waals surface area (Å²) in [6.07, 6.45) is -5.90. The molecule has 0 saturated carbocycles. The maximum atomic E-state index is 12.6. The molecule has 0 aliphatic heterocycles. The molecule has 0 saturated heterocycles. The number of nitrogens with one attached hydrogen (secondary N) is 1. The second-order valence-corrected chi connectivity index (χ2v) is 5.92. The van der Waals surface area contributed by atoms with Crippen LogP contribution in [0.5, 0.6) is 0 Å². The Kier molecular flexibility index (Phi) is 6.04. The number of rotatable bonds is 6. The monoisotopic (exact) mass is 332 g/mol. The molecule has 130 valence electrons. The van der Waals surface area contributed by atoms with Crippen molar-refractivity contribution in [3.05, 3.63) is 24.3 Å². The largest absolute Gasteiger partial charge is 0.417 e. The van der Waals surface area contributed by atoms with Crippen LogP contribution in [0.15, 0.2) is 24.3 Å². The van der Waals surface area contributed by atoms with Crippen LogP contribution in [0.2, 0.25) is 0 Å². The molecule has 0 bridgehead atoms. The molecule has 23 heavy (non-hydrogen) atoms. The predicted molar refractivity (Wildman–Crippen MR) is 84.5 cm³/mol. The number of aliphatic hydroxyl groups is 1. The molecule has 0 fully saturated rings. The van der Waals surface area contributed by atoms with E-state index in [4.69, 9.17) is 0 Å². The third-order valence-electron chi connectivity index (χ3n) is 3.56. The van der Waals surface area contributed by atoms with Crippen LogP contribution in [-0.2, 0) is 4.79 Å². The normalized spacial score (nSPS) is 14.5. The summed E-state index contributed by atoms with van der Waals surface area (Å²) in [6, 6.07) is 7.14. The molecule has 1 atom stereocenters. The molecule has 1 aromatic carbocycles. The highest BCUT2D eigenvalue weighted by Crippen LogP contribution is 2.32. The number of hydrogen-bond acceptors (Lipinski definition) is 3. The minimum Gasteiger partial charge on any atom is -0.380 e. The van der Waals surface area contributed by atoms with Gasteiger partial charge in [0, 0.05) is 24.0 Å². The third-order valence-corrected chi connectivity index (χ3v) is 3.56. The molecule has 2 N–H and O–H groups in total. The molecule has 4 nitrogen and oxygen atoms in total. The molecule has 1 amide bonds. The number of carbonyl (C=O) groups is 1. The first-order valence-electron chi connectivity index (χ1n) is 7.43. The predicted octanol–water partition coefficient (Wildman–Crippen LogP) is 3.56. The van der Waals surface area contributed by atoms with E-state index in [1.54, 1.807) is 24.3 Å². The molecule has 1 aromatic rings. The van der Waals surface area contributed by atoms with Gasteiger partial charge in [-0.25, -0.2) is 0 Å². The topological polar surface area (TPSA) is 52.6 Å². The van der Waals surface area contributed by atoms with Gasteiger partial charge in [0.1, 0.15) is 0 Å². The van der Waals surface area contributed by atoms with E-state index in [0.717, 1.165) is 12.2 Å². The Hall–Kier alpha value is -1.76. The van der Waals surface area contributed by atoms with Crippen molar-refractivity contribution in [2.24, 2.45) is 0 Å². The van der Waals surface area contributed by atoms with Crippen molar-refractivity contribution in [2.75, 3.05) is 16.8 Å². The van der Waals surface area contributed by atoms with Gasteiger partial charge < -0.3 is 15.3 Å². The van der Waals surface area contributed by atoms with Crippen molar-refractivity contribution < 1.29 is 23.1 Å². The zero-order valence-corrected chi connectivity index (χ0v) is 13.7. The smallest absolute Gasteiger partial charge is 0.380 e. The number of halogens is 3. The van der Waals surface area contributed by atoms with Gasteiger partial charge in [-0.3, -0.25) is 4.79 Å². The lowest BCUT2D eigenvalue weighted by Crippen LogP contribution is -2.44. The number of alkyl halides is 3. The lowest BCUT2D eigenvalue weighted by molar-refractivity contribution is -0.252. The second-order valence-electron chi connectivity index (χ2n) is 5.92. The number of nitrogens with zero attached hydrogens (tertiary/aromatic N) is 1. The Morgan fingerprint density at radius 2 is 1.78 bits per heavy atom. The Labute approximate surface area is 134 Å². The Morgan fingerprint density at radius 1 is 1.26 bits per heavy atom. The number of amides is 1. The van der Waals surface area contributed by atoms with E-state index in [9.17, 15) is 23.1 Å². The molecular formula is C16H23F3N2O2. The van der Waals surface area contributed by atoms with Gasteiger partial charge in [0.2, 0.25) is 5.91 Å². The number of carbonyl (C=O) groups excluding carboxylic acids is 1. The standard InChI is InChI=1S/C16H23F3N2O2/c1-5-21(11(2)3)13-8-6-12(7-9-13)20-14(22)10-15(4,23)16(17,18)19/h6-9,11,23H,5,10H2,1-4H3,(H,20,22).